The Labute approximate surface area is 152 Å². The van der Waals surface area contributed by atoms with Crippen molar-refractivity contribution in [1.29, 1.82) is 0 Å². The first-order valence-electron chi connectivity index (χ1n) is 8.03. The summed E-state index contributed by atoms with van der Waals surface area (Å²) in [5.41, 5.74) is 2.12. The molecular formula is C18H19N3O4S. The van der Waals surface area contributed by atoms with Crippen molar-refractivity contribution in [2.24, 2.45) is 0 Å². The fraction of sp³-hybridized carbons (Fsp3) is 0.222. The van der Waals surface area contributed by atoms with Crippen molar-refractivity contribution >= 4 is 33.2 Å². The molecule has 0 spiro atoms. The van der Waals surface area contributed by atoms with Crippen molar-refractivity contribution in [2.45, 2.75) is 17.7 Å². The van der Waals surface area contributed by atoms with Crippen molar-refractivity contribution in [3.05, 3.63) is 53.6 Å². The number of nitrogens with zero attached hydrogens (tertiary/aromatic N) is 1. The van der Waals surface area contributed by atoms with Gasteiger partial charge in [0.05, 0.1) is 4.90 Å². The molecule has 26 heavy (non-hydrogen) atoms. The molecular weight excluding hydrogens is 354 g/mol. The average Bonchev–Trinajstić information content (AvgIpc) is 2.60. The predicted molar refractivity (Wildman–Crippen MR) is 98.7 cm³/mol. The van der Waals surface area contributed by atoms with Crippen molar-refractivity contribution in [1.82, 2.24) is 4.90 Å². The molecule has 0 radical (unpaired) electrons. The van der Waals surface area contributed by atoms with Gasteiger partial charge >= 0.3 is 0 Å². The molecule has 7 nitrogen and oxygen atoms in total. The SMILES string of the molecule is CN(C)C(=O)c1cccc(NS(=O)(=O)c2ccc3c(c2)CCC(=O)N3)c1. The van der Waals surface area contributed by atoms with E-state index in [0.29, 0.717) is 29.8 Å². The van der Waals surface area contributed by atoms with Crippen LogP contribution in [0.25, 0.3) is 0 Å². The fourth-order valence-electron chi connectivity index (χ4n) is 2.71. The maximum absolute atomic E-state index is 12.7. The molecule has 1 aliphatic rings. The van der Waals surface area contributed by atoms with Crippen LogP contribution < -0.4 is 10.0 Å². The van der Waals surface area contributed by atoms with E-state index in [2.05, 4.69) is 10.0 Å². The van der Waals surface area contributed by atoms with Gasteiger partial charge in [-0.25, -0.2) is 8.42 Å². The molecule has 136 valence electrons. The van der Waals surface area contributed by atoms with Gasteiger partial charge in [0.2, 0.25) is 5.91 Å². The molecule has 0 saturated carbocycles. The Morgan fingerprint density at radius 1 is 1.12 bits per heavy atom. The van der Waals surface area contributed by atoms with Gasteiger partial charge in [-0.05, 0) is 48.4 Å². The highest BCUT2D eigenvalue weighted by Gasteiger charge is 2.20. The number of aryl methyl sites for hydroxylation is 1. The number of amides is 2. The van der Waals surface area contributed by atoms with Gasteiger partial charge in [0.1, 0.15) is 0 Å². The Hall–Kier alpha value is -2.87. The van der Waals surface area contributed by atoms with E-state index in [1.807, 2.05) is 0 Å². The Kier molecular flexibility index (Phi) is 4.69. The van der Waals surface area contributed by atoms with Crippen LogP contribution in [0.4, 0.5) is 11.4 Å². The minimum Gasteiger partial charge on any atom is -0.345 e. The number of hydrogen-bond donors (Lipinski definition) is 2. The molecule has 0 bridgehead atoms. The highest BCUT2D eigenvalue weighted by atomic mass is 32.2. The molecule has 3 rings (SSSR count). The lowest BCUT2D eigenvalue weighted by atomic mass is 10.0. The summed E-state index contributed by atoms with van der Waals surface area (Å²) in [5, 5.41) is 2.72. The second-order valence-corrected chi connectivity index (χ2v) is 7.94. The molecule has 8 heteroatoms. The van der Waals surface area contributed by atoms with Gasteiger partial charge in [0.15, 0.2) is 0 Å². The lowest BCUT2D eigenvalue weighted by Crippen LogP contribution is -2.22. The minimum absolute atomic E-state index is 0.0754. The van der Waals surface area contributed by atoms with Crippen LogP contribution in [0, 0.1) is 0 Å². The molecule has 0 atom stereocenters. The van der Waals surface area contributed by atoms with Crippen LogP contribution in [-0.2, 0) is 21.2 Å². The third kappa shape index (κ3) is 3.70. The number of benzene rings is 2. The molecule has 2 aromatic rings. The summed E-state index contributed by atoms with van der Waals surface area (Å²) in [4.78, 5) is 25.0. The quantitative estimate of drug-likeness (QED) is 0.858. The zero-order valence-electron chi connectivity index (χ0n) is 14.4. The normalized spacial score (nSPS) is 13.5. The molecule has 0 aliphatic carbocycles. The maximum Gasteiger partial charge on any atom is 0.261 e. The maximum atomic E-state index is 12.7. The molecule has 1 aliphatic heterocycles. The van der Waals surface area contributed by atoms with Gasteiger partial charge in [-0.1, -0.05) is 6.07 Å². The third-order valence-electron chi connectivity index (χ3n) is 4.05. The van der Waals surface area contributed by atoms with Crippen LogP contribution in [0.2, 0.25) is 0 Å². The highest BCUT2D eigenvalue weighted by Crippen LogP contribution is 2.26. The zero-order valence-corrected chi connectivity index (χ0v) is 15.3. The van der Waals surface area contributed by atoms with Gasteiger partial charge < -0.3 is 10.2 Å². The summed E-state index contributed by atoms with van der Waals surface area (Å²) in [6.07, 6.45) is 0.829. The van der Waals surface area contributed by atoms with E-state index in [-0.39, 0.29) is 16.7 Å². The van der Waals surface area contributed by atoms with E-state index in [4.69, 9.17) is 0 Å². The van der Waals surface area contributed by atoms with Crippen LogP contribution >= 0.6 is 0 Å². The van der Waals surface area contributed by atoms with Crippen LogP contribution in [0.3, 0.4) is 0 Å². The van der Waals surface area contributed by atoms with Gasteiger partial charge in [-0.15, -0.1) is 0 Å². The molecule has 0 saturated heterocycles. The fourth-order valence-corrected chi connectivity index (χ4v) is 3.81. The molecule has 2 N–H and O–H groups in total. The first-order chi connectivity index (χ1) is 12.3. The second kappa shape index (κ2) is 6.80. The van der Waals surface area contributed by atoms with Crippen LogP contribution in [-0.4, -0.2) is 39.2 Å². The molecule has 0 aromatic heterocycles. The van der Waals surface area contributed by atoms with E-state index in [9.17, 15) is 18.0 Å². The molecule has 0 fully saturated rings. The van der Waals surface area contributed by atoms with Crippen molar-refractivity contribution < 1.29 is 18.0 Å². The largest absolute Gasteiger partial charge is 0.345 e. The number of sulfonamides is 1. The first-order valence-corrected chi connectivity index (χ1v) is 9.52. The monoisotopic (exact) mass is 373 g/mol. The lowest BCUT2D eigenvalue weighted by molar-refractivity contribution is -0.116. The number of rotatable bonds is 4. The van der Waals surface area contributed by atoms with Crippen LogP contribution in [0.5, 0.6) is 0 Å². The Morgan fingerprint density at radius 2 is 1.88 bits per heavy atom. The summed E-state index contributed by atoms with van der Waals surface area (Å²) in [6, 6.07) is 10.9. The standard InChI is InChI=1S/C18H19N3O4S/c1-21(2)18(23)13-4-3-5-14(10-13)20-26(24,25)15-7-8-16-12(11-15)6-9-17(22)19-16/h3-5,7-8,10-11,20H,6,9H2,1-2H3,(H,19,22). The summed E-state index contributed by atoms with van der Waals surface area (Å²) in [7, 11) is -0.551. The number of fused-ring (bicyclic) bond motifs is 1. The van der Waals surface area contributed by atoms with Gasteiger partial charge in [0, 0.05) is 37.5 Å². The van der Waals surface area contributed by atoms with Crippen molar-refractivity contribution in [2.75, 3.05) is 24.1 Å². The lowest BCUT2D eigenvalue weighted by Gasteiger charge is -2.18. The minimum atomic E-state index is -3.81. The number of hydrogen-bond acceptors (Lipinski definition) is 4. The van der Waals surface area contributed by atoms with E-state index in [1.54, 1.807) is 44.4 Å². The molecule has 1 heterocycles. The molecule has 2 amide bonds. The summed E-state index contributed by atoms with van der Waals surface area (Å²) in [6.45, 7) is 0. The van der Waals surface area contributed by atoms with Crippen LogP contribution in [0.15, 0.2) is 47.4 Å². The summed E-state index contributed by atoms with van der Waals surface area (Å²) < 4.78 is 27.8. The average molecular weight is 373 g/mol. The van der Waals surface area contributed by atoms with Gasteiger partial charge in [-0.3, -0.25) is 14.3 Å². The summed E-state index contributed by atoms with van der Waals surface area (Å²) >= 11 is 0. The Morgan fingerprint density at radius 3 is 2.62 bits per heavy atom. The number of carbonyl (C=O) groups excluding carboxylic acids is 2. The number of nitrogens with one attached hydrogen (secondary N) is 2. The molecule has 2 aromatic carbocycles. The second-order valence-electron chi connectivity index (χ2n) is 6.25. The van der Waals surface area contributed by atoms with Crippen molar-refractivity contribution in [3.8, 4) is 0 Å². The third-order valence-corrected chi connectivity index (χ3v) is 5.43. The van der Waals surface area contributed by atoms with E-state index in [1.165, 1.54) is 17.0 Å². The smallest absolute Gasteiger partial charge is 0.261 e. The van der Waals surface area contributed by atoms with Gasteiger partial charge in [-0.2, -0.15) is 0 Å². The first kappa shape index (κ1) is 17.9. The highest BCUT2D eigenvalue weighted by molar-refractivity contribution is 7.92. The van der Waals surface area contributed by atoms with E-state index in [0.717, 1.165) is 5.56 Å². The van der Waals surface area contributed by atoms with Crippen LogP contribution in [0.1, 0.15) is 22.3 Å². The Balaban J connectivity index is 1.87. The number of carbonyl (C=O) groups is 2. The van der Waals surface area contributed by atoms with E-state index < -0.39 is 10.0 Å². The number of anilines is 2. The predicted octanol–water partition coefficient (Wildman–Crippen LogP) is 2.07. The molecule has 0 unspecified atom stereocenters. The van der Waals surface area contributed by atoms with Gasteiger partial charge in [0.25, 0.3) is 15.9 Å². The summed E-state index contributed by atoms with van der Waals surface area (Å²) in [5.74, 6) is -0.288. The zero-order chi connectivity index (χ0) is 18.9. The van der Waals surface area contributed by atoms with E-state index >= 15 is 0 Å². The topological polar surface area (TPSA) is 95.6 Å². The van der Waals surface area contributed by atoms with Crippen molar-refractivity contribution in [3.63, 3.8) is 0 Å². The Bertz CT molecular complexity index is 984.